The Morgan fingerprint density at radius 2 is 0.934 bits per heavy atom. The van der Waals surface area contributed by atoms with Gasteiger partial charge in [0.2, 0.25) is 0 Å². The molecule has 0 atom stereocenters. The van der Waals surface area contributed by atoms with Gasteiger partial charge in [-0.2, -0.15) is 0 Å². The number of hydrogen-bond donors (Lipinski definition) is 6. The molecule has 0 aromatic heterocycles. The van der Waals surface area contributed by atoms with Crippen LogP contribution >= 0.6 is 15.6 Å². The minimum absolute atomic E-state index is 0.0246. The van der Waals surface area contributed by atoms with Crippen molar-refractivity contribution in [2.45, 2.75) is 126 Å². The maximum Gasteiger partial charge on any atom is 0.524 e. The van der Waals surface area contributed by atoms with Crippen LogP contribution in [0.25, 0.3) is 0 Å². The van der Waals surface area contributed by atoms with Crippen LogP contribution in [-0.4, -0.2) is 52.9 Å². The number of aryl methyl sites for hydroxylation is 1. The number of phenolic OH excluding ortho intramolecular Hbond substituents is 1. The lowest BCUT2D eigenvalue weighted by molar-refractivity contribution is -0.113. The lowest BCUT2D eigenvalue weighted by atomic mass is 9.88. The Labute approximate surface area is 357 Å². The molecule has 0 spiro atoms. The number of hydrogen-bond acceptors (Lipinski definition) is 10. The fraction of sp³-hybridized carbons (Fsp3) is 0.422. The molecule has 61 heavy (non-hydrogen) atoms. The molecular weight excluding hydrogens is 826 g/mol. The molecule has 0 aliphatic rings. The molecule has 0 unspecified atom stereocenters. The second-order valence-electron chi connectivity index (χ2n) is 15.1. The molecule has 0 bridgehead atoms. The van der Waals surface area contributed by atoms with Crippen LogP contribution in [0.5, 0.6) is 17.2 Å². The third-order valence-corrected chi connectivity index (χ3v) is 10.7. The highest BCUT2D eigenvalue weighted by Crippen LogP contribution is 2.45. The quantitative estimate of drug-likeness (QED) is 0.0161. The summed E-state index contributed by atoms with van der Waals surface area (Å²) in [5, 5.41) is 22.6. The van der Waals surface area contributed by atoms with E-state index in [4.69, 9.17) is 9.05 Å². The van der Waals surface area contributed by atoms with Crippen molar-refractivity contribution in [2.75, 3.05) is 0 Å². The average Bonchev–Trinajstić information content (AvgIpc) is 3.16. The van der Waals surface area contributed by atoms with Crippen LogP contribution in [-0.2, 0) is 39.6 Å². The Bertz CT molecular complexity index is 2290. The summed E-state index contributed by atoms with van der Waals surface area (Å²) in [6, 6.07) is 8.55. The first-order valence-corrected chi connectivity index (χ1v) is 23.5. The highest BCUT2D eigenvalue weighted by molar-refractivity contribution is 7.47. The van der Waals surface area contributed by atoms with Crippen LogP contribution in [0, 0.1) is 0 Å². The minimum atomic E-state index is -5.33. The van der Waals surface area contributed by atoms with E-state index in [9.17, 15) is 58.1 Å². The number of aliphatic hydroxyl groups is 1. The molecule has 6 N–H and O–H groups in total. The van der Waals surface area contributed by atoms with Gasteiger partial charge in [0.15, 0.2) is 23.1 Å². The number of phenols is 1. The van der Waals surface area contributed by atoms with Crippen molar-refractivity contribution in [3.05, 3.63) is 109 Å². The average molecular weight is 885 g/mol. The molecule has 3 rings (SSSR count). The number of aliphatic hydroxyl groups excluding tert-OH is 1. The van der Waals surface area contributed by atoms with Crippen molar-refractivity contribution in [1.29, 1.82) is 0 Å². The van der Waals surface area contributed by atoms with Crippen molar-refractivity contribution in [1.82, 2.24) is 0 Å². The van der Waals surface area contributed by atoms with Gasteiger partial charge in [-0.1, -0.05) is 34.6 Å². The number of carbonyl (C=O) groups is 4. The molecule has 0 radical (unpaired) electrons. The number of Topliss-reactive ketones (excluding diaryl/α,β-unsaturated/α-hetero) is 4. The van der Waals surface area contributed by atoms with Crippen molar-refractivity contribution < 1.29 is 67.1 Å². The summed E-state index contributed by atoms with van der Waals surface area (Å²) in [5.74, 6) is -2.20. The molecule has 3 aromatic carbocycles. The van der Waals surface area contributed by atoms with Crippen LogP contribution < -0.4 is 9.05 Å². The van der Waals surface area contributed by atoms with Crippen LogP contribution in [0.1, 0.15) is 164 Å². The minimum Gasteiger partial charge on any atom is -0.512 e. The van der Waals surface area contributed by atoms with Crippen LogP contribution in [0.15, 0.2) is 59.4 Å². The zero-order valence-electron chi connectivity index (χ0n) is 35.9. The van der Waals surface area contributed by atoms with E-state index in [2.05, 4.69) is 0 Å². The Morgan fingerprint density at radius 1 is 0.574 bits per heavy atom. The normalized spacial score (nSPS) is 12.5. The molecule has 0 amide bonds. The van der Waals surface area contributed by atoms with E-state index in [0.29, 0.717) is 43.2 Å². The molecule has 3 aromatic rings. The van der Waals surface area contributed by atoms with Crippen LogP contribution in [0.4, 0.5) is 0 Å². The number of phosphoric acid groups is 2. The third-order valence-electron chi connectivity index (χ3n) is 9.88. The second-order valence-corrected chi connectivity index (χ2v) is 17.4. The summed E-state index contributed by atoms with van der Waals surface area (Å²) in [4.78, 5) is 93.3. The number of aromatic hydroxyl groups is 1. The van der Waals surface area contributed by atoms with E-state index in [1.807, 2.05) is 13.8 Å². The zero-order chi connectivity index (χ0) is 45.8. The van der Waals surface area contributed by atoms with Crippen molar-refractivity contribution in [2.24, 2.45) is 0 Å². The molecule has 0 aliphatic heterocycles. The SMILES string of the molecule is CCCC(=O)c1cc(Cc2cc(C(=O)CCC)cc(CC)c2OP(=O)(O)O)c(O)c(Cc2cc(C(=O)CCC)cc(C/C(=C/C(C)=C(\O)CCC)C(C)=O)c2OP(=O)(O)O)c1. The van der Waals surface area contributed by atoms with E-state index >= 15 is 0 Å². The molecule has 16 heteroatoms. The summed E-state index contributed by atoms with van der Waals surface area (Å²) >= 11 is 0. The number of rotatable bonds is 24. The van der Waals surface area contributed by atoms with Gasteiger partial charge in [-0.25, -0.2) is 9.13 Å². The van der Waals surface area contributed by atoms with Crippen molar-refractivity contribution in [3.63, 3.8) is 0 Å². The van der Waals surface area contributed by atoms with E-state index in [-0.39, 0.29) is 130 Å². The number of allylic oxidation sites excluding steroid dienone is 4. The smallest absolute Gasteiger partial charge is 0.512 e. The molecule has 0 heterocycles. The number of ketones is 4. The topological polar surface area (TPSA) is 242 Å². The monoisotopic (exact) mass is 884 g/mol. The lowest BCUT2D eigenvalue weighted by Crippen LogP contribution is -2.10. The summed E-state index contributed by atoms with van der Waals surface area (Å²) in [5.41, 5.74) is 1.78. The second kappa shape index (κ2) is 22.4. The molecule has 0 aliphatic carbocycles. The highest BCUT2D eigenvalue weighted by Gasteiger charge is 2.28. The van der Waals surface area contributed by atoms with E-state index in [1.165, 1.54) is 49.4 Å². The predicted molar refractivity (Wildman–Crippen MR) is 232 cm³/mol. The zero-order valence-corrected chi connectivity index (χ0v) is 37.7. The van der Waals surface area contributed by atoms with Crippen LogP contribution in [0.3, 0.4) is 0 Å². The van der Waals surface area contributed by atoms with Gasteiger partial charge in [-0.05, 0) is 116 Å². The van der Waals surface area contributed by atoms with E-state index in [0.717, 1.165) is 0 Å². The lowest BCUT2D eigenvalue weighted by Gasteiger charge is -2.21. The maximum absolute atomic E-state index is 13.5. The third kappa shape index (κ3) is 14.7. The largest absolute Gasteiger partial charge is 0.524 e. The summed E-state index contributed by atoms with van der Waals surface area (Å²) in [6.45, 7) is 11.9. The van der Waals surface area contributed by atoms with Gasteiger partial charge in [-0.15, -0.1) is 0 Å². The van der Waals surface area contributed by atoms with Gasteiger partial charge in [-0.3, -0.25) is 38.8 Å². The summed E-state index contributed by atoms with van der Waals surface area (Å²) in [6.07, 6.45) is 3.62. The van der Waals surface area contributed by atoms with Gasteiger partial charge in [0.05, 0.1) is 5.76 Å². The Hall–Kier alpha value is -4.68. The van der Waals surface area contributed by atoms with Gasteiger partial charge < -0.3 is 19.3 Å². The first kappa shape index (κ1) is 50.7. The van der Waals surface area contributed by atoms with Crippen molar-refractivity contribution in [3.8, 4) is 17.2 Å². The molecular formula is C45H58O14P2. The Kier molecular flexibility index (Phi) is 18.6. The molecule has 332 valence electrons. The van der Waals surface area contributed by atoms with Crippen LogP contribution in [0.2, 0.25) is 0 Å². The van der Waals surface area contributed by atoms with Gasteiger partial charge in [0.25, 0.3) is 0 Å². The van der Waals surface area contributed by atoms with Gasteiger partial charge in [0, 0.05) is 78.3 Å². The molecule has 0 saturated carbocycles. The number of phosphoric ester groups is 2. The van der Waals surface area contributed by atoms with Gasteiger partial charge in [0.1, 0.15) is 17.2 Å². The first-order valence-electron chi connectivity index (χ1n) is 20.4. The maximum atomic E-state index is 13.5. The standard InChI is InChI=1S/C45H58O14P2/c1-8-13-39(47)27(6)17-30(28(7)46)19-36-23-33(42(50)16-11-4)24-38(45(36)59-61(55,56)57)26-35-21-32(41(49)15-10-3)20-34(43(35)51)25-37-22-31(40(48)14-9-2)18-29(12-5)44(37)58-60(52,53)54/h17-18,20-24,47,51H,8-16,19,25-26H2,1-7H3,(H2,52,53,54)(H2,55,56,57)/b30-17-,39-27-. The molecule has 0 saturated heterocycles. The Balaban J connectivity index is 2.44. The summed E-state index contributed by atoms with van der Waals surface area (Å²) < 4.78 is 35.3. The highest BCUT2D eigenvalue weighted by atomic mass is 31.2. The van der Waals surface area contributed by atoms with E-state index < -0.39 is 27.2 Å². The number of benzene rings is 3. The molecule has 0 fully saturated rings. The first-order chi connectivity index (χ1) is 28.6. The molecule has 14 nitrogen and oxygen atoms in total. The Morgan fingerprint density at radius 3 is 1.30 bits per heavy atom. The number of carbonyl (C=O) groups excluding carboxylic acids is 4. The van der Waals surface area contributed by atoms with Gasteiger partial charge >= 0.3 is 15.6 Å². The fourth-order valence-corrected chi connectivity index (χ4v) is 7.88. The van der Waals surface area contributed by atoms with E-state index in [1.54, 1.807) is 27.7 Å². The fourth-order valence-electron chi connectivity index (χ4n) is 6.94. The summed E-state index contributed by atoms with van der Waals surface area (Å²) in [7, 11) is -10.5. The predicted octanol–water partition coefficient (Wildman–Crippen LogP) is 9.72. The van der Waals surface area contributed by atoms with Crippen molar-refractivity contribution >= 4 is 38.8 Å².